The minimum Gasteiger partial charge on any atom is -1.00 e. The predicted octanol–water partition coefficient (Wildman–Crippen LogP) is -1.16. The average Bonchev–Trinajstić information content (AvgIpc) is 2.86. The average molecular weight is 322 g/mol. The van der Waals surface area contributed by atoms with E-state index in [1.54, 1.807) is 17.2 Å². The van der Waals surface area contributed by atoms with Crippen LogP contribution in [0.25, 0.3) is 5.57 Å². The number of hydrogen-bond acceptors (Lipinski definition) is 5. The number of aryl methyl sites for hydroxylation is 2. The third kappa shape index (κ3) is 3.44. The van der Waals surface area contributed by atoms with Crippen LogP contribution >= 0.6 is 0 Å². The summed E-state index contributed by atoms with van der Waals surface area (Å²) in [5, 5.41) is 3.89. The molecular weight excluding hydrogens is 302 g/mol. The minimum atomic E-state index is 0. The van der Waals surface area contributed by atoms with Crippen LogP contribution in [0.2, 0.25) is 0 Å². The van der Waals surface area contributed by atoms with E-state index in [4.69, 9.17) is 10.3 Å². The summed E-state index contributed by atoms with van der Waals surface area (Å²) in [6.07, 6.45) is 8.89. The van der Waals surface area contributed by atoms with Gasteiger partial charge in [0.25, 0.3) is 12.1 Å². The van der Waals surface area contributed by atoms with Crippen LogP contribution in [0.1, 0.15) is 36.2 Å². The standard InChI is InChI=1S/C15H20N5O.ClH/c1-10-15(11(2)18-9-17-10)13-5-3-12(4-6-13)7-20-8-14(16)21-19-20;/h5,8-9,12H,3-4,6-7,16H2,1-2H3;1H/q+1;/p-1. The molecule has 6 nitrogen and oxygen atoms in total. The van der Waals surface area contributed by atoms with Crippen molar-refractivity contribution in [3.8, 4) is 0 Å². The van der Waals surface area contributed by atoms with Crippen molar-refractivity contribution in [2.75, 3.05) is 5.73 Å². The van der Waals surface area contributed by atoms with Crippen LogP contribution in [0, 0.1) is 19.8 Å². The van der Waals surface area contributed by atoms with Crippen LogP contribution in [0.15, 0.2) is 23.1 Å². The van der Waals surface area contributed by atoms with Crippen LogP contribution in [0.3, 0.4) is 0 Å². The Kier molecular flexibility index (Phi) is 5.13. The van der Waals surface area contributed by atoms with E-state index in [0.29, 0.717) is 11.8 Å². The molecule has 0 fully saturated rings. The van der Waals surface area contributed by atoms with Crippen molar-refractivity contribution in [2.24, 2.45) is 5.92 Å². The van der Waals surface area contributed by atoms with E-state index in [9.17, 15) is 0 Å². The van der Waals surface area contributed by atoms with E-state index >= 15 is 0 Å². The van der Waals surface area contributed by atoms with Crippen LogP contribution in [-0.2, 0) is 6.54 Å². The maximum Gasteiger partial charge on any atom is 0.293 e. The molecule has 7 heteroatoms. The lowest BCUT2D eigenvalue weighted by Gasteiger charge is -2.20. The molecule has 0 amide bonds. The number of anilines is 1. The molecule has 1 aliphatic carbocycles. The Hall–Kier alpha value is -1.95. The summed E-state index contributed by atoms with van der Waals surface area (Å²) in [6, 6.07) is 0. The van der Waals surface area contributed by atoms with Gasteiger partial charge in [-0.3, -0.25) is 4.52 Å². The number of halogens is 1. The van der Waals surface area contributed by atoms with Crippen LogP contribution < -0.4 is 22.8 Å². The summed E-state index contributed by atoms with van der Waals surface area (Å²) in [5.41, 5.74) is 10.2. The highest BCUT2D eigenvalue weighted by molar-refractivity contribution is 5.69. The van der Waals surface area contributed by atoms with Gasteiger partial charge in [0, 0.05) is 22.9 Å². The maximum atomic E-state index is 5.54. The van der Waals surface area contributed by atoms with E-state index in [-0.39, 0.29) is 12.4 Å². The highest BCUT2D eigenvalue weighted by atomic mass is 35.5. The molecule has 1 atom stereocenters. The van der Waals surface area contributed by atoms with Crippen LogP contribution in [0.5, 0.6) is 0 Å². The number of rotatable bonds is 3. The molecule has 2 heterocycles. The van der Waals surface area contributed by atoms with Gasteiger partial charge in [-0.25, -0.2) is 9.97 Å². The molecule has 1 unspecified atom stereocenters. The fourth-order valence-corrected chi connectivity index (χ4v) is 2.98. The molecule has 0 saturated carbocycles. The van der Waals surface area contributed by atoms with E-state index < -0.39 is 0 Å². The molecule has 2 N–H and O–H groups in total. The topological polar surface area (TPSA) is 81.7 Å². The molecule has 0 bridgehead atoms. The quantitative estimate of drug-likeness (QED) is 0.721. The molecule has 22 heavy (non-hydrogen) atoms. The van der Waals surface area contributed by atoms with E-state index in [1.807, 2.05) is 13.8 Å². The minimum absolute atomic E-state index is 0. The lowest BCUT2D eigenvalue weighted by molar-refractivity contribution is -0.767. The molecular formula is C15H20ClN5O. The molecule has 0 radical (unpaired) electrons. The van der Waals surface area contributed by atoms with Gasteiger partial charge in [-0.15, -0.1) is 0 Å². The highest BCUT2D eigenvalue weighted by Gasteiger charge is 2.23. The van der Waals surface area contributed by atoms with Crippen molar-refractivity contribution in [3.05, 3.63) is 35.6 Å². The highest BCUT2D eigenvalue weighted by Crippen LogP contribution is 2.32. The maximum absolute atomic E-state index is 5.54. The van der Waals surface area contributed by atoms with Gasteiger partial charge in [0.1, 0.15) is 6.33 Å². The Bertz CT molecular complexity index is 662. The third-order valence-corrected chi connectivity index (χ3v) is 4.04. The number of hydrogen-bond donors (Lipinski definition) is 1. The second kappa shape index (κ2) is 6.87. The van der Waals surface area contributed by atoms with Crippen molar-refractivity contribution < 1.29 is 21.6 Å². The summed E-state index contributed by atoms with van der Waals surface area (Å²) >= 11 is 0. The Morgan fingerprint density at radius 1 is 1.32 bits per heavy atom. The predicted molar refractivity (Wildman–Crippen MR) is 77.9 cm³/mol. The van der Waals surface area contributed by atoms with Gasteiger partial charge in [-0.1, -0.05) is 10.8 Å². The first kappa shape index (κ1) is 16.4. The van der Waals surface area contributed by atoms with Crippen molar-refractivity contribution in [2.45, 2.75) is 39.7 Å². The Morgan fingerprint density at radius 2 is 2.05 bits per heavy atom. The molecule has 3 rings (SSSR count). The van der Waals surface area contributed by atoms with Crippen molar-refractivity contribution >= 4 is 11.5 Å². The van der Waals surface area contributed by atoms with Crippen LogP contribution in [-0.4, -0.2) is 15.2 Å². The summed E-state index contributed by atoms with van der Waals surface area (Å²) in [7, 11) is 0. The first-order valence-corrected chi connectivity index (χ1v) is 7.23. The van der Waals surface area contributed by atoms with Gasteiger partial charge in [0.2, 0.25) is 5.27 Å². The Morgan fingerprint density at radius 3 is 2.59 bits per heavy atom. The summed E-state index contributed by atoms with van der Waals surface area (Å²) in [4.78, 5) is 8.62. The zero-order valence-electron chi connectivity index (χ0n) is 12.8. The monoisotopic (exact) mass is 321 g/mol. The Labute approximate surface area is 135 Å². The molecule has 2 aromatic rings. The third-order valence-electron chi connectivity index (χ3n) is 4.04. The molecule has 1 aliphatic rings. The number of allylic oxidation sites excluding steroid dienone is 2. The normalized spacial score (nSPS) is 17.7. The first-order chi connectivity index (χ1) is 10.1. The molecule has 0 aliphatic heterocycles. The molecule has 0 aromatic carbocycles. The van der Waals surface area contributed by atoms with Crippen molar-refractivity contribution in [3.63, 3.8) is 0 Å². The molecule has 0 spiro atoms. The number of nitrogens with zero attached hydrogens (tertiary/aromatic N) is 4. The van der Waals surface area contributed by atoms with Crippen LogP contribution in [0.4, 0.5) is 5.88 Å². The SMILES string of the molecule is Cc1ncnc(C)c1C1=CCC(C[n+]2cc(N)on2)CC1.[Cl-]. The van der Waals surface area contributed by atoms with E-state index in [0.717, 1.165) is 37.2 Å². The Balaban J connectivity index is 0.00000176. The van der Waals surface area contributed by atoms with Gasteiger partial charge >= 0.3 is 0 Å². The summed E-state index contributed by atoms with van der Waals surface area (Å²) in [5.74, 6) is 0.920. The number of nitrogen functional groups attached to an aromatic ring is 1. The first-order valence-electron chi connectivity index (χ1n) is 7.23. The molecule has 118 valence electrons. The summed E-state index contributed by atoms with van der Waals surface area (Å²) in [6.45, 7) is 4.93. The van der Waals surface area contributed by atoms with E-state index in [1.165, 1.54) is 11.1 Å². The second-order valence-electron chi connectivity index (χ2n) is 5.62. The van der Waals surface area contributed by atoms with Gasteiger partial charge in [-0.05, 0) is 38.7 Å². The summed E-state index contributed by atoms with van der Waals surface area (Å²) < 4.78 is 6.67. The lowest BCUT2D eigenvalue weighted by Crippen LogP contribution is -3.00. The fraction of sp³-hybridized carbons (Fsp3) is 0.467. The largest absolute Gasteiger partial charge is 1.00 e. The second-order valence-corrected chi connectivity index (χ2v) is 5.62. The lowest BCUT2D eigenvalue weighted by atomic mass is 9.85. The molecule has 0 saturated heterocycles. The smallest absolute Gasteiger partial charge is 0.293 e. The van der Waals surface area contributed by atoms with Crippen molar-refractivity contribution in [1.29, 1.82) is 0 Å². The fourth-order valence-electron chi connectivity index (χ4n) is 2.98. The van der Waals surface area contributed by atoms with Gasteiger partial charge in [0.05, 0.1) is 0 Å². The van der Waals surface area contributed by atoms with Gasteiger partial charge < -0.3 is 18.1 Å². The zero-order valence-corrected chi connectivity index (χ0v) is 13.5. The van der Waals surface area contributed by atoms with E-state index in [2.05, 4.69) is 21.3 Å². The number of aromatic nitrogens is 4. The number of nitrogens with two attached hydrogens (primary N) is 1. The van der Waals surface area contributed by atoms with Crippen molar-refractivity contribution in [1.82, 2.24) is 15.2 Å². The van der Waals surface area contributed by atoms with Gasteiger partial charge in [-0.2, -0.15) is 0 Å². The molecule has 2 aromatic heterocycles. The van der Waals surface area contributed by atoms with Gasteiger partial charge in [0.15, 0.2) is 6.54 Å². The zero-order chi connectivity index (χ0) is 14.8.